The first-order chi connectivity index (χ1) is 9.10. The lowest BCUT2D eigenvalue weighted by Gasteiger charge is -2.12. The van der Waals surface area contributed by atoms with Crippen molar-refractivity contribution < 1.29 is 14.3 Å². The van der Waals surface area contributed by atoms with Crippen LogP contribution in [0.25, 0.3) is 0 Å². The molecule has 0 spiro atoms. The van der Waals surface area contributed by atoms with Crippen LogP contribution in [0.1, 0.15) is 55.5 Å². The number of aromatic nitrogens is 2. The van der Waals surface area contributed by atoms with E-state index >= 15 is 0 Å². The average molecular weight is 266 g/mol. The van der Waals surface area contributed by atoms with Crippen LogP contribution in [-0.2, 0) is 15.9 Å². The fourth-order valence-corrected chi connectivity index (χ4v) is 1.67. The molecule has 5 nitrogen and oxygen atoms in total. The summed E-state index contributed by atoms with van der Waals surface area (Å²) in [6, 6.07) is 0. The van der Waals surface area contributed by atoms with E-state index in [1.165, 1.54) is 0 Å². The van der Waals surface area contributed by atoms with E-state index in [0.717, 1.165) is 5.69 Å². The lowest BCUT2D eigenvalue weighted by Crippen LogP contribution is -2.14. The summed E-state index contributed by atoms with van der Waals surface area (Å²) in [6.45, 7) is 9.34. The largest absolute Gasteiger partial charge is 0.462 e. The van der Waals surface area contributed by atoms with E-state index in [-0.39, 0.29) is 11.9 Å². The predicted octanol–water partition coefficient (Wildman–Crippen LogP) is 2.36. The van der Waals surface area contributed by atoms with Gasteiger partial charge >= 0.3 is 5.97 Å². The minimum Gasteiger partial charge on any atom is -0.462 e. The van der Waals surface area contributed by atoms with Gasteiger partial charge in [-0.3, -0.25) is 0 Å². The van der Waals surface area contributed by atoms with Gasteiger partial charge in [0.05, 0.1) is 24.5 Å². The normalized spacial score (nSPS) is 10.8. The summed E-state index contributed by atoms with van der Waals surface area (Å²) in [4.78, 5) is 20.5. The Labute approximate surface area is 114 Å². The topological polar surface area (TPSA) is 61.3 Å². The molecule has 0 amide bonds. The van der Waals surface area contributed by atoms with E-state index < -0.39 is 0 Å². The molecule has 0 bridgehead atoms. The molecule has 0 aliphatic heterocycles. The summed E-state index contributed by atoms with van der Waals surface area (Å²) in [5.41, 5.74) is 1.19. The van der Waals surface area contributed by atoms with Crippen LogP contribution in [0.5, 0.6) is 0 Å². The Hall–Kier alpha value is -1.49. The Balaban J connectivity index is 2.91. The molecule has 1 heterocycles. The molecule has 0 aliphatic carbocycles. The second-order valence-electron chi connectivity index (χ2n) is 4.41. The average Bonchev–Trinajstić information content (AvgIpc) is 2.39. The fourth-order valence-electron chi connectivity index (χ4n) is 1.67. The second-order valence-corrected chi connectivity index (χ2v) is 4.41. The molecule has 1 aromatic rings. The van der Waals surface area contributed by atoms with Crippen molar-refractivity contribution >= 4 is 5.97 Å². The number of hydrogen-bond donors (Lipinski definition) is 0. The molecule has 0 aliphatic rings. The lowest BCUT2D eigenvalue weighted by molar-refractivity contribution is 0.0523. The zero-order valence-electron chi connectivity index (χ0n) is 12.1. The number of carbonyl (C=O) groups is 1. The van der Waals surface area contributed by atoms with Crippen LogP contribution in [-0.4, -0.2) is 35.8 Å². The molecule has 0 saturated heterocycles. The van der Waals surface area contributed by atoms with Gasteiger partial charge in [-0.2, -0.15) is 0 Å². The van der Waals surface area contributed by atoms with Gasteiger partial charge in [0, 0.05) is 19.2 Å². The van der Waals surface area contributed by atoms with Crippen LogP contribution in [0.15, 0.2) is 6.20 Å². The van der Waals surface area contributed by atoms with Crippen LogP contribution in [0.4, 0.5) is 0 Å². The maximum atomic E-state index is 11.8. The maximum Gasteiger partial charge on any atom is 0.341 e. The van der Waals surface area contributed by atoms with Crippen LogP contribution < -0.4 is 0 Å². The van der Waals surface area contributed by atoms with Gasteiger partial charge in [0.15, 0.2) is 0 Å². The van der Waals surface area contributed by atoms with Gasteiger partial charge in [0.25, 0.3) is 0 Å². The van der Waals surface area contributed by atoms with Gasteiger partial charge < -0.3 is 9.47 Å². The van der Waals surface area contributed by atoms with Gasteiger partial charge in [-0.15, -0.1) is 0 Å². The highest BCUT2D eigenvalue weighted by Gasteiger charge is 2.17. The summed E-state index contributed by atoms with van der Waals surface area (Å²) < 4.78 is 10.3. The molecule has 0 unspecified atom stereocenters. The predicted molar refractivity (Wildman–Crippen MR) is 72.3 cm³/mol. The SMILES string of the molecule is CCOCCc1ncc(C(=O)OCC)c(C(C)C)n1. The number of rotatable bonds is 7. The van der Waals surface area contributed by atoms with Crippen molar-refractivity contribution in [3.63, 3.8) is 0 Å². The molecule has 5 heteroatoms. The van der Waals surface area contributed by atoms with Gasteiger partial charge in [0.2, 0.25) is 0 Å². The first kappa shape index (κ1) is 15.6. The van der Waals surface area contributed by atoms with Crippen molar-refractivity contribution in [3.05, 3.63) is 23.3 Å². The van der Waals surface area contributed by atoms with Gasteiger partial charge in [-0.25, -0.2) is 14.8 Å². The zero-order chi connectivity index (χ0) is 14.3. The van der Waals surface area contributed by atoms with Crippen LogP contribution in [0.3, 0.4) is 0 Å². The highest BCUT2D eigenvalue weighted by molar-refractivity contribution is 5.90. The highest BCUT2D eigenvalue weighted by Crippen LogP contribution is 2.17. The lowest BCUT2D eigenvalue weighted by atomic mass is 10.1. The fraction of sp³-hybridized carbons (Fsp3) is 0.643. The number of ether oxygens (including phenoxy) is 2. The molecular weight excluding hydrogens is 244 g/mol. The third kappa shape index (κ3) is 4.59. The van der Waals surface area contributed by atoms with Crippen molar-refractivity contribution in [1.82, 2.24) is 9.97 Å². The van der Waals surface area contributed by atoms with E-state index in [1.807, 2.05) is 20.8 Å². The van der Waals surface area contributed by atoms with E-state index in [4.69, 9.17) is 9.47 Å². The van der Waals surface area contributed by atoms with E-state index in [2.05, 4.69) is 9.97 Å². The number of carbonyl (C=O) groups excluding carboxylic acids is 1. The summed E-state index contributed by atoms with van der Waals surface area (Å²) >= 11 is 0. The molecule has 0 aromatic carbocycles. The smallest absolute Gasteiger partial charge is 0.341 e. The molecule has 19 heavy (non-hydrogen) atoms. The third-order valence-corrected chi connectivity index (χ3v) is 2.58. The quantitative estimate of drug-likeness (QED) is 0.560. The maximum absolute atomic E-state index is 11.8. The van der Waals surface area contributed by atoms with Crippen LogP contribution in [0.2, 0.25) is 0 Å². The summed E-state index contributed by atoms with van der Waals surface area (Å²) in [7, 11) is 0. The zero-order valence-corrected chi connectivity index (χ0v) is 12.1. The van der Waals surface area contributed by atoms with Crippen molar-refractivity contribution in [1.29, 1.82) is 0 Å². The van der Waals surface area contributed by atoms with Gasteiger partial charge in [-0.1, -0.05) is 13.8 Å². The van der Waals surface area contributed by atoms with E-state index in [1.54, 1.807) is 13.1 Å². The van der Waals surface area contributed by atoms with Gasteiger partial charge in [0.1, 0.15) is 5.82 Å². The summed E-state index contributed by atoms with van der Waals surface area (Å²) in [5, 5.41) is 0. The summed E-state index contributed by atoms with van der Waals surface area (Å²) in [6.07, 6.45) is 2.21. The van der Waals surface area contributed by atoms with Gasteiger partial charge in [-0.05, 0) is 19.8 Å². The molecule has 1 aromatic heterocycles. The highest BCUT2D eigenvalue weighted by atomic mass is 16.5. The Morgan fingerprint density at radius 2 is 2.05 bits per heavy atom. The van der Waals surface area contributed by atoms with Crippen molar-refractivity contribution in [3.8, 4) is 0 Å². The minimum atomic E-state index is -0.359. The van der Waals surface area contributed by atoms with Crippen molar-refractivity contribution in [2.24, 2.45) is 0 Å². The molecule has 0 radical (unpaired) electrons. The summed E-state index contributed by atoms with van der Waals surface area (Å²) in [5.74, 6) is 0.487. The molecule has 1 rings (SSSR count). The monoisotopic (exact) mass is 266 g/mol. The van der Waals surface area contributed by atoms with Crippen molar-refractivity contribution in [2.45, 2.75) is 40.0 Å². The van der Waals surface area contributed by atoms with Crippen LogP contribution >= 0.6 is 0 Å². The minimum absolute atomic E-state index is 0.147. The van der Waals surface area contributed by atoms with E-state index in [9.17, 15) is 4.79 Å². The molecule has 0 saturated carbocycles. The number of hydrogen-bond acceptors (Lipinski definition) is 5. The Bertz CT molecular complexity index is 419. The Morgan fingerprint density at radius 3 is 2.63 bits per heavy atom. The molecule has 0 fully saturated rings. The van der Waals surface area contributed by atoms with E-state index in [0.29, 0.717) is 37.6 Å². The Morgan fingerprint density at radius 1 is 1.32 bits per heavy atom. The first-order valence-corrected chi connectivity index (χ1v) is 6.70. The molecule has 106 valence electrons. The van der Waals surface area contributed by atoms with Crippen molar-refractivity contribution in [2.75, 3.05) is 19.8 Å². The third-order valence-electron chi connectivity index (χ3n) is 2.58. The molecule has 0 atom stereocenters. The molecule has 0 N–H and O–H groups in total. The number of nitrogens with zero attached hydrogens (tertiary/aromatic N) is 2. The first-order valence-electron chi connectivity index (χ1n) is 6.70. The molecular formula is C14H22N2O3. The standard InChI is InChI=1S/C14H22N2O3/c1-5-18-8-7-12-15-9-11(14(17)19-6-2)13(16-12)10(3)4/h9-10H,5-8H2,1-4H3. The Kier molecular flexibility index (Phi) is 6.42. The number of esters is 1. The second kappa shape index (κ2) is 7.84. The van der Waals surface area contributed by atoms with Crippen LogP contribution in [0, 0.1) is 0 Å².